The molecule has 1 aliphatic rings. The molecule has 0 unspecified atom stereocenters. The summed E-state index contributed by atoms with van der Waals surface area (Å²) in [5.74, 6) is -1.43. The van der Waals surface area contributed by atoms with Crippen LogP contribution in [0.1, 0.15) is 31.2 Å². The smallest absolute Gasteiger partial charge is 0.348 e. The van der Waals surface area contributed by atoms with E-state index in [1.807, 2.05) is 4.90 Å². The molecule has 3 rings (SSSR count). The van der Waals surface area contributed by atoms with Gasteiger partial charge in [-0.1, -0.05) is 17.7 Å². The number of methoxy groups -OCH3 is 2. The Labute approximate surface area is 200 Å². The number of benzene rings is 1. The highest BCUT2D eigenvalue weighted by Gasteiger charge is 2.27. The number of halogens is 2. The molecule has 1 fully saturated rings. The second-order valence-electron chi connectivity index (χ2n) is 7.17. The van der Waals surface area contributed by atoms with Crippen molar-refractivity contribution in [3.8, 4) is 0 Å². The van der Waals surface area contributed by atoms with Crippen LogP contribution < -0.4 is 5.32 Å². The standard InChI is InChI=1S/C21H23ClFN3O4S2/c1-12-16(19(27)29-2)18(32-17(12)20(28)30-3)24-21(31)26-8-6-25(7-9-26)11-13-4-5-14(23)10-15(13)22/h4-5,10H,6-9,11H2,1-3H3,(H,24,31). The number of rotatable bonds is 5. The largest absolute Gasteiger partial charge is 0.465 e. The number of hydrogen-bond donors (Lipinski definition) is 1. The van der Waals surface area contributed by atoms with E-state index in [0.29, 0.717) is 45.2 Å². The number of thiocarbonyl (C=S) groups is 1. The molecule has 7 nitrogen and oxygen atoms in total. The van der Waals surface area contributed by atoms with Crippen LogP contribution in [-0.2, 0) is 16.0 Å². The zero-order valence-electron chi connectivity index (χ0n) is 17.9. The van der Waals surface area contributed by atoms with E-state index >= 15 is 0 Å². The van der Waals surface area contributed by atoms with Gasteiger partial charge in [-0.2, -0.15) is 0 Å². The first-order chi connectivity index (χ1) is 15.2. The van der Waals surface area contributed by atoms with E-state index in [2.05, 4.69) is 10.2 Å². The average molecular weight is 500 g/mol. The molecule has 1 aromatic heterocycles. The first-order valence-corrected chi connectivity index (χ1v) is 11.4. The lowest BCUT2D eigenvalue weighted by atomic mass is 10.1. The van der Waals surface area contributed by atoms with Gasteiger partial charge in [-0.05, 0) is 42.4 Å². The number of hydrogen-bond acceptors (Lipinski definition) is 7. The molecular formula is C21H23ClFN3O4S2. The number of thiophene rings is 1. The predicted octanol–water partition coefficient (Wildman–Crippen LogP) is 3.94. The lowest BCUT2D eigenvalue weighted by molar-refractivity contribution is 0.0601. The van der Waals surface area contributed by atoms with Crippen molar-refractivity contribution in [1.29, 1.82) is 0 Å². The second kappa shape index (κ2) is 10.6. The zero-order valence-corrected chi connectivity index (χ0v) is 20.3. The topological polar surface area (TPSA) is 71.1 Å². The first-order valence-electron chi connectivity index (χ1n) is 9.77. The second-order valence-corrected chi connectivity index (χ2v) is 8.99. The van der Waals surface area contributed by atoms with Gasteiger partial charge >= 0.3 is 11.9 Å². The van der Waals surface area contributed by atoms with Crippen molar-refractivity contribution in [3.05, 3.63) is 50.6 Å². The number of carbonyl (C=O) groups excluding carboxylic acids is 2. The molecular weight excluding hydrogens is 477 g/mol. The maximum Gasteiger partial charge on any atom is 0.348 e. The van der Waals surface area contributed by atoms with E-state index in [0.717, 1.165) is 30.0 Å². The van der Waals surface area contributed by atoms with Crippen LogP contribution in [0, 0.1) is 12.7 Å². The molecule has 0 atom stereocenters. The molecule has 0 saturated carbocycles. The fourth-order valence-corrected chi connectivity index (χ4v) is 5.10. The predicted molar refractivity (Wildman–Crippen MR) is 126 cm³/mol. The Kier molecular flexibility index (Phi) is 8.05. The number of piperazine rings is 1. The SMILES string of the molecule is COC(=O)c1sc(NC(=S)N2CCN(Cc3ccc(F)cc3Cl)CC2)c(C(=O)OC)c1C. The van der Waals surface area contributed by atoms with Crippen LogP contribution in [0.25, 0.3) is 0 Å². The Morgan fingerprint density at radius 1 is 1.19 bits per heavy atom. The van der Waals surface area contributed by atoms with Crippen molar-refractivity contribution in [2.75, 3.05) is 45.7 Å². The van der Waals surface area contributed by atoms with E-state index in [9.17, 15) is 14.0 Å². The molecule has 0 radical (unpaired) electrons. The van der Waals surface area contributed by atoms with E-state index < -0.39 is 11.9 Å². The molecule has 172 valence electrons. The number of anilines is 1. The van der Waals surface area contributed by atoms with Gasteiger partial charge in [-0.3, -0.25) is 4.90 Å². The lowest BCUT2D eigenvalue weighted by Gasteiger charge is -2.36. The van der Waals surface area contributed by atoms with E-state index in [1.54, 1.807) is 13.0 Å². The van der Waals surface area contributed by atoms with Gasteiger partial charge in [0.15, 0.2) is 5.11 Å². The fraction of sp³-hybridized carbons (Fsp3) is 0.381. The number of carbonyl (C=O) groups is 2. The quantitative estimate of drug-likeness (QED) is 0.490. The van der Waals surface area contributed by atoms with E-state index in [-0.39, 0.29) is 11.4 Å². The van der Waals surface area contributed by atoms with Gasteiger partial charge in [0.05, 0.1) is 19.8 Å². The summed E-state index contributed by atoms with van der Waals surface area (Å²) in [4.78, 5) is 28.9. The molecule has 1 N–H and O–H groups in total. The maximum absolute atomic E-state index is 13.3. The van der Waals surface area contributed by atoms with Crippen LogP contribution in [-0.4, -0.2) is 67.2 Å². The monoisotopic (exact) mass is 499 g/mol. The Bertz CT molecular complexity index is 1040. The van der Waals surface area contributed by atoms with Crippen molar-refractivity contribution in [3.63, 3.8) is 0 Å². The maximum atomic E-state index is 13.3. The fourth-order valence-electron chi connectivity index (χ4n) is 3.41. The minimum atomic E-state index is -0.555. The zero-order chi connectivity index (χ0) is 23.4. The number of nitrogens with zero attached hydrogens (tertiary/aromatic N) is 2. The van der Waals surface area contributed by atoms with Gasteiger partial charge in [0.1, 0.15) is 15.7 Å². The van der Waals surface area contributed by atoms with Crippen molar-refractivity contribution in [2.24, 2.45) is 0 Å². The number of ether oxygens (including phenoxy) is 2. The first kappa shape index (κ1) is 24.4. The highest BCUT2D eigenvalue weighted by molar-refractivity contribution is 7.80. The Balaban J connectivity index is 1.66. The van der Waals surface area contributed by atoms with Gasteiger partial charge in [-0.25, -0.2) is 14.0 Å². The number of nitrogens with one attached hydrogen (secondary N) is 1. The van der Waals surface area contributed by atoms with E-state index in [1.165, 1.54) is 26.4 Å². The summed E-state index contributed by atoms with van der Waals surface area (Å²) in [5, 5.41) is 4.41. The molecule has 1 saturated heterocycles. The molecule has 2 heterocycles. The molecule has 0 spiro atoms. The highest BCUT2D eigenvalue weighted by Crippen LogP contribution is 2.34. The van der Waals surface area contributed by atoms with Crippen LogP contribution in [0.3, 0.4) is 0 Å². The minimum absolute atomic E-state index is 0.268. The summed E-state index contributed by atoms with van der Waals surface area (Å²) in [7, 11) is 2.57. The normalized spacial score (nSPS) is 14.2. The highest BCUT2D eigenvalue weighted by atomic mass is 35.5. The van der Waals surface area contributed by atoms with Crippen LogP contribution in [0.2, 0.25) is 5.02 Å². The molecule has 0 aliphatic carbocycles. The summed E-state index contributed by atoms with van der Waals surface area (Å²) >= 11 is 12.8. The van der Waals surface area contributed by atoms with Crippen molar-refractivity contribution in [1.82, 2.24) is 9.80 Å². The lowest BCUT2D eigenvalue weighted by Crippen LogP contribution is -2.49. The van der Waals surface area contributed by atoms with Gasteiger partial charge < -0.3 is 19.7 Å². The van der Waals surface area contributed by atoms with Gasteiger partial charge in [-0.15, -0.1) is 11.3 Å². The van der Waals surface area contributed by atoms with Crippen molar-refractivity contribution in [2.45, 2.75) is 13.5 Å². The van der Waals surface area contributed by atoms with Gasteiger partial charge in [0.25, 0.3) is 0 Å². The van der Waals surface area contributed by atoms with Gasteiger partial charge in [0, 0.05) is 37.7 Å². The summed E-state index contributed by atoms with van der Waals surface area (Å²) in [5.41, 5.74) is 1.62. The molecule has 1 aromatic carbocycles. The van der Waals surface area contributed by atoms with Crippen LogP contribution in [0.4, 0.5) is 9.39 Å². The summed E-state index contributed by atoms with van der Waals surface area (Å²) < 4.78 is 22.9. The summed E-state index contributed by atoms with van der Waals surface area (Å²) in [6.07, 6.45) is 0. The third-order valence-electron chi connectivity index (χ3n) is 5.20. The third kappa shape index (κ3) is 5.37. The summed E-state index contributed by atoms with van der Waals surface area (Å²) in [6, 6.07) is 4.42. The van der Waals surface area contributed by atoms with Crippen molar-refractivity contribution >= 4 is 57.2 Å². The summed E-state index contributed by atoms with van der Waals surface area (Å²) in [6.45, 7) is 5.07. The number of esters is 2. The van der Waals surface area contributed by atoms with Crippen LogP contribution in [0.15, 0.2) is 18.2 Å². The molecule has 2 aromatic rings. The van der Waals surface area contributed by atoms with Crippen LogP contribution in [0.5, 0.6) is 0 Å². The minimum Gasteiger partial charge on any atom is -0.465 e. The van der Waals surface area contributed by atoms with E-state index in [4.69, 9.17) is 33.3 Å². The molecule has 11 heteroatoms. The van der Waals surface area contributed by atoms with Crippen LogP contribution >= 0.6 is 35.2 Å². The van der Waals surface area contributed by atoms with Crippen molar-refractivity contribution < 1.29 is 23.5 Å². The van der Waals surface area contributed by atoms with Gasteiger partial charge in [0.2, 0.25) is 0 Å². The molecule has 1 aliphatic heterocycles. The molecule has 0 bridgehead atoms. The Hall–Kier alpha value is -2.27. The molecule has 32 heavy (non-hydrogen) atoms. The third-order valence-corrected chi connectivity index (χ3v) is 7.10. The Morgan fingerprint density at radius 3 is 2.44 bits per heavy atom. The Morgan fingerprint density at radius 2 is 1.84 bits per heavy atom. The molecule has 0 amide bonds. The average Bonchev–Trinajstić information content (AvgIpc) is 3.10.